The zero-order chi connectivity index (χ0) is 17.6. The molecule has 25 heavy (non-hydrogen) atoms. The lowest BCUT2D eigenvalue weighted by molar-refractivity contribution is -0.384. The van der Waals surface area contributed by atoms with E-state index in [0.717, 1.165) is 19.3 Å². The lowest BCUT2D eigenvalue weighted by Gasteiger charge is -2.26. The minimum atomic E-state index is -0.459. The number of ether oxygens (including phenoxy) is 1. The average Bonchev–Trinajstić information content (AvgIpc) is 2.62. The number of hydrogen-bond donors (Lipinski definition) is 1. The molecule has 130 valence electrons. The van der Waals surface area contributed by atoms with E-state index in [0.29, 0.717) is 5.75 Å². The molecular formula is C19H20N2O4. The Morgan fingerprint density at radius 2 is 1.96 bits per heavy atom. The number of nitrogens with zero attached hydrogens (tertiary/aromatic N) is 1. The van der Waals surface area contributed by atoms with E-state index in [-0.39, 0.29) is 30.7 Å². The molecule has 1 amide bonds. The van der Waals surface area contributed by atoms with Crippen molar-refractivity contribution in [1.82, 2.24) is 5.32 Å². The summed E-state index contributed by atoms with van der Waals surface area (Å²) in [6, 6.07) is 14.1. The van der Waals surface area contributed by atoms with Crippen molar-refractivity contribution >= 4 is 11.6 Å². The smallest absolute Gasteiger partial charge is 0.269 e. The van der Waals surface area contributed by atoms with Crippen LogP contribution in [0.1, 0.15) is 36.4 Å². The van der Waals surface area contributed by atoms with Crippen LogP contribution in [0.4, 0.5) is 5.69 Å². The van der Waals surface area contributed by atoms with Crippen molar-refractivity contribution in [3.8, 4) is 5.75 Å². The number of nitro benzene ring substituents is 1. The van der Waals surface area contributed by atoms with Gasteiger partial charge in [-0.1, -0.05) is 24.3 Å². The number of carbonyl (C=O) groups is 1. The van der Waals surface area contributed by atoms with E-state index in [4.69, 9.17) is 4.74 Å². The molecule has 0 fully saturated rings. The van der Waals surface area contributed by atoms with Crippen molar-refractivity contribution in [2.45, 2.75) is 31.7 Å². The standard InChI is InChI=1S/C19H20N2O4/c22-19(12-13-25-16-10-8-15(9-11-16)21(23)24)20-18-7-3-5-14-4-1-2-6-17(14)18/h1-2,4,6,8-11,18H,3,5,7,12-13H2,(H,20,22). The fourth-order valence-corrected chi connectivity index (χ4v) is 3.10. The fourth-order valence-electron chi connectivity index (χ4n) is 3.10. The van der Waals surface area contributed by atoms with Crippen LogP contribution in [0.3, 0.4) is 0 Å². The van der Waals surface area contributed by atoms with E-state index in [9.17, 15) is 14.9 Å². The lowest BCUT2D eigenvalue weighted by Crippen LogP contribution is -2.31. The van der Waals surface area contributed by atoms with Crippen LogP contribution in [0.25, 0.3) is 0 Å². The molecule has 1 aliphatic rings. The molecule has 2 aromatic carbocycles. The summed E-state index contributed by atoms with van der Waals surface area (Å²) in [6.45, 7) is 0.234. The molecule has 0 aliphatic heterocycles. The van der Waals surface area contributed by atoms with Crippen molar-refractivity contribution in [2.75, 3.05) is 6.61 Å². The molecule has 1 unspecified atom stereocenters. The van der Waals surface area contributed by atoms with E-state index in [1.165, 1.54) is 35.4 Å². The molecule has 0 radical (unpaired) electrons. The molecule has 0 saturated heterocycles. The number of non-ortho nitro benzene ring substituents is 1. The van der Waals surface area contributed by atoms with Gasteiger partial charge in [0.25, 0.3) is 5.69 Å². The third-order valence-corrected chi connectivity index (χ3v) is 4.35. The van der Waals surface area contributed by atoms with E-state index < -0.39 is 4.92 Å². The highest BCUT2D eigenvalue weighted by Gasteiger charge is 2.21. The monoisotopic (exact) mass is 340 g/mol. The molecule has 0 aromatic heterocycles. The lowest BCUT2D eigenvalue weighted by atomic mass is 9.88. The van der Waals surface area contributed by atoms with Crippen LogP contribution in [0.5, 0.6) is 5.75 Å². The van der Waals surface area contributed by atoms with Crippen LogP contribution in [0.2, 0.25) is 0 Å². The van der Waals surface area contributed by atoms with Gasteiger partial charge in [0, 0.05) is 12.1 Å². The van der Waals surface area contributed by atoms with E-state index in [1.54, 1.807) is 0 Å². The van der Waals surface area contributed by atoms with Gasteiger partial charge in [0.1, 0.15) is 5.75 Å². The second kappa shape index (κ2) is 7.79. The number of aryl methyl sites for hydroxylation is 1. The summed E-state index contributed by atoms with van der Waals surface area (Å²) in [5.41, 5.74) is 2.53. The normalized spacial score (nSPS) is 15.9. The van der Waals surface area contributed by atoms with Gasteiger partial charge < -0.3 is 10.1 Å². The molecule has 1 atom stereocenters. The predicted octanol–water partition coefficient (Wildman–Crippen LogP) is 3.56. The Labute approximate surface area is 146 Å². The molecule has 0 bridgehead atoms. The Morgan fingerprint density at radius 3 is 2.72 bits per heavy atom. The SMILES string of the molecule is O=C(CCOc1ccc([N+](=O)[O-])cc1)NC1CCCc2ccccc21. The Hall–Kier alpha value is -2.89. The fraction of sp³-hybridized carbons (Fsp3) is 0.316. The molecule has 6 heteroatoms. The summed E-state index contributed by atoms with van der Waals surface area (Å²) in [5.74, 6) is 0.463. The second-order valence-corrected chi connectivity index (χ2v) is 6.06. The minimum Gasteiger partial charge on any atom is -0.493 e. The molecule has 3 rings (SSSR count). The summed E-state index contributed by atoms with van der Waals surface area (Å²) in [6.07, 6.45) is 3.33. The van der Waals surface area contributed by atoms with Crippen LogP contribution in [0, 0.1) is 10.1 Å². The van der Waals surface area contributed by atoms with Crippen molar-refractivity contribution in [3.63, 3.8) is 0 Å². The number of nitro groups is 1. The number of benzene rings is 2. The van der Waals surface area contributed by atoms with E-state index >= 15 is 0 Å². The maximum Gasteiger partial charge on any atom is 0.269 e. The summed E-state index contributed by atoms with van der Waals surface area (Å²) in [7, 11) is 0. The van der Waals surface area contributed by atoms with Gasteiger partial charge in [0.2, 0.25) is 5.91 Å². The largest absolute Gasteiger partial charge is 0.493 e. The Balaban J connectivity index is 1.48. The maximum atomic E-state index is 12.2. The second-order valence-electron chi connectivity index (χ2n) is 6.06. The van der Waals surface area contributed by atoms with Gasteiger partial charge in [-0.25, -0.2) is 0 Å². The molecule has 1 N–H and O–H groups in total. The van der Waals surface area contributed by atoms with E-state index in [2.05, 4.69) is 17.4 Å². The summed E-state index contributed by atoms with van der Waals surface area (Å²) < 4.78 is 5.49. The Kier molecular flexibility index (Phi) is 5.28. The Bertz CT molecular complexity index is 758. The highest BCUT2D eigenvalue weighted by atomic mass is 16.6. The third kappa shape index (κ3) is 4.35. The molecule has 6 nitrogen and oxygen atoms in total. The molecule has 1 aliphatic carbocycles. The van der Waals surface area contributed by atoms with Crippen molar-refractivity contribution in [3.05, 3.63) is 69.8 Å². The van der Waals surface area contributed by atoms with E-state index in [1.807, 2.05) is 12.1 Å². The first-order chi connectivity index (χ1) is 12.1. The van der Waals surface area contributed by atoms with Gasteiger partial charge >= 0.3 is 0 Å². The zero-order valence-corrected chi connectivity index (χ0v) is 13.8. The molecule has 0 spiro atoms. The van der Waals surface area contributed by atoms with Gasteiger partial charge in [-0.15, -0.1) is 0 Å². The quantitative estimate of drug-likeness (QED) is 0.644. The predicted molar refractivity (Wildman–Crippen MR) is 93.5 cm³/mol. The summed E-state index contributed by atoms with van der Waals surface area (Å²) >= 11 is 0. The van der Waals surface area contributed by atoms with Crippen LogP contribution in [-0.2, 0) is 11.2 Å². The van der Waals surface area contributed by atoms with Crippen LogP contribution < -0.4 is 10.1 Å². The highest BCUT2D eigenvalue weighted by Crippen LogP contribution is 2.29. The maximum absolute atomic E-state index is 12.2. The number of hydrogen-bond acceptors (Lipinski definition) is 4. The molecule has 2 aromatic rings. The average molecular weight is 340 g/mol. The van der Waals surface area contributed by atoms with Crippen LogP contribution >= 0.6 is 0 Å². The van der Waals surface area contributed by atoms with Crippen LogP contribution in [0.15, 0.2) is 48.5 Å². The minimum absolute atomic E-state index is 0.0149. The zero-order valence-electron chi connectivity index (χ0n) is 13.8. The third-order valence-electron chi connectivity index (χ3n) is 4.35. The van der Waals surface area contributed by atoms with Gasteiger partial charge in [0.15, 0.2) is 0 Å². The van der Waals surface area contributed by atoms with Gasteiger partial charge in [-0.2, -0.15) is 0 Å². The summed E-state index contributed by atoms with van der Waals surface area (Å²) in [4.78, 5) is 22.3. The number of rotatable bonds is 6. The number of fused-ring (bicyclic) bond motifs is 1. The first kappa shape index (κ1) is 17.0. The number of carbonyl (C=O) groups excluding carboxylic acids is 1. The first-order valence-electron chi connectivity index (χ1n) is 8.38. The van der Waals surface area contributed by atoms with Crippen molar-refractivity contribution in [1.29, 1.82) is 0 Å². The van der Waals surface area contributed by atoms with Gasteiger partial charge in [-0.3, -0.25) is 14.9 Å². The highest BCUT2D eigenvalue weighted by molar-refractivity contribution is 5.76. The molecule has 0 heterocycles. The first-order valence-corrected chi connectivity index (χ1v) is 8.38. The molecule has 0 saturated carbocycles. The Morgan fingerprint density at radius 1 is 1.20 bits per heavy atom. The molecular weight excluding hydrogens is 320 g/mol. The van der Waals surface area contributed by atoms with Crippen molar-refractivity contribution in [2.24, 2.45) is 0 Å². The van der Waals surface area contributed by atoms with Crippen LogP contribution in [-0.4, -0.2) is 17.4 Å². The summed E-state index contributed by atoms with van der Waals surface area (Å²) in [5, 5.41) is 13.7. The van der Waals surface area contributed by atoms with Gasteiger partial charge in [0.05, 0.1) is 24.0 Å². The van der Waals surface area contributed by atoms with Gasteiger partial charge in [-0.05, 0) is 42.5 Å². The van der Waals surface area contributed by atoms with Crippen molar-refractivity contribution < 1.29 is 14.5 Å². The number of amides is 1. The number of nitrogens with one attached hydrogen (secondary N) is 1. The topological polar surface area (TPSA) is 81.5 Å².